The molecule has 0 aromatic rings. The highest BCUT2D eigenvalue weighted by molar-refractivity contribution is 6.63. The first-order chi connectivity index (χ1) is 11.7. The summed E-state index contributed by atoms with van der Waals surface area (Å²) >= 11 is 5.70. The Morgan fingerprint density at radius 1 is 1.25 bits per heavy atom. The Bertz CT molecular complexity index is 532. The van der Waals surface area contributed by atoms with Crippen LogP contribution in [0.5, 0.6) is 0 Å². The maximum atomic E-state index is 11.4. The standard InChI is InChI=1S/C20H29ClN2O/c21-19(24)14-20(9-4-10-20)23-11-7-16(8-12-23)22-18-13-17(18)15-5-2-1-3-6-15/h1-3,5,15-18,22H,4,6-14H2/t15?,17-,18+/m0/s1. The Balaban J connectivity index is 1.23. The SMILES string of the molecule is O=C(Cl)CC1(N2CCC(N[C@@H]3C[C@H]3C3C=CC=CC3)CC2)CCC1. The van der Waals surface area contributed by atoms with Gasteiger partial charge in [-0.3, -0.25) is 9.69 Å². The number of hydrogen-bond donors (Lipinski definition) is 1. The van der Waals surface area contributed by atoms with Crippen LogP contribution in [-0.4, -0.2) is 40.9 Å². The fourth-order valence-electron chi connectivity index (χ4n) is 5.07. The zero-order valence-corrected chi connectivity index (χ0v) is 15.2. The number of rotatable bonds is 6. The third-order valence-corrected chi connectivity index (χ3v) is 6.90. The van der Waals surface area contributed by atoms with Gasteiger partial charge < -0.3 is 5.32 Å². The molecule has 3 fully saturated rings. The van der Waals surface area contributed by atoms with Crippen molar-refractivity contribution >= 4 is 16.8 Å². The molecule has 3 atom stereocenters. The van der Waals surface area contributed by atoms with E-state index in [4.69, 9.17) is 11.6 Å². The molecule has 0 spiro atoms. The van der Waals surface area contributed by atoms with Crippen molar-refractivity contribution in [2.24, 2.45) is 11.8 Å². The minimum Gasteiger partial charge on any atom is -0.311 e. The lowest BCUT2D eigenvalue weighted by Crippen LogP contribution is -2.58. The fourth-order valence-corrected chi connectivity index (χ4v) is 5.32. The lowest BCUT2D eigenvalue weighted by atomic mass is 9.72. The lowest BCUT2D eigenvalue weighted by molar-refractivity contribution is -0.117. The van der Waals surface area contributed by atoms with Crippen LogP contribution in [0, 0.1) is 11.8 Å². The number of allylic oxidation sites excluding steroid dienone is 4. The molecule has 2 saturated carbocycles. The monoisotopic (exact) mass is 348 g/mol. The molecule has 0 radical (unpaired) electrons. The van der Waals surface area contributed by atoms with Gasteiger partial charge in [-0.05, 0) is 68.4 Å². The second-order valence-electron chi connectivity index (χ2n) is 8.26. The number of halogens is 1. The molecule has 0 aromatic carbocycles. The van der Waals surface area contributed by atoms with Crippen LogP contribution in [0.2, 0.25) is 0 Å². The molecule has 4 aliphatic rings. The topological polar surface area (TPSA) is 32.3 Å². The normalized spacial score (nSPS) is 35.6. The Morgan fingerprint density at radius 2 is 2.04 bits per heavy atom. The van der Waals surface area contributed by atoms with Crippen molar-refractivity contribution in [3.63, 3.8) is 0 Å². The smallest absolute Gasteiger partial charge is 0.223 e. The van der Waals surface area contributed by atoms with E-state index in [0.717, 1.165) is 43.8 Å². The van der Waals surface area contributed by atoms with Crippen molar-refractivity contribution in [3.8, 4) is 0 Å². The number of hydrogen-bond acceptors (Lipinski definition) is 3. The van der Waals surface area contributed by atoms with Crippen molar-refractivity contribution in [1.82, 2.24) is 10.2 Å². The van der Waals surface area contributed by atoms with Gasteiger partial charge in [0, 0.05) is 37.1 Å². The molecule has 0 amide bonds. The second-order valence-corrected chi connectivity index (χ2v) is 8.68. The van der Waals surface area contributed by atoms with E-state index in [1.165, 1.54) is 32.1 Å². The van der Waals surface area contributed by atoms with Crippen molar-refractivity contribution in [3.05, 3.63) is 24.3 Å². The van der Waals surface area contributed by atoms with Gasteiger partial charge in [-0.2, -0.15) is 0 Å². The van der Waals surface area contributed by atoms with Crippen LogP contribution in [0.25, 0.3) is 0 Å². The van der Waals surface area contributed by atoms with Crippen LogP contribution >= 0.6 is 11.6 Å². The number of piperidine rings is 1. The summed E-state index contributed by atoms with van der Waals surface area (Å²) in [6.07, 6.45) is 18.1. The predicted octanol–water partition coefficient (Wildman–Crippen LogP) is 3.64. The van der Waals surface area contributed by atoms with E-state index >= 15 is 0 Å². The summed E-state index contributed by atoms with van der Waals surface area (Å²) in [5.74, 6) is 1.59. The number of carbonyl (C=O) groups is 1. The molecule has 4 rings (SSSR count). The van der Waals surface area contributed by atoms with E-state index in [9.17, 15) is 4.79 Å². The minimum absolute atomic E-state index is 0.102. The van der Waals surface area contributed by atoms with Gasteiger partial charge in [0.05, 0.1) is 0 Å². The maximum Gasteiger partial charge on any atom is 0.223 e. The van der Waals surface area contributed by atoms with Crippen LogP contribution < -0.4 is 5.32 Å². The minimum atomic E-state index is -0.162. The van der Waals surface area contributed by atoms with Gasteiger partial charge in [0.1, 0.15) is 0 Å². The van der Waals surface area contributed by atoms with Gasteiger partial charge in [0.15, 0.2) is 0 Å². The van der Waals surface area contributed by atoms with Crippen LogP contribution in [0.1, 0.15) is 51.4 Å². The molecule has 1 heterocycles. The molecule has 1 N–H and O–H groups in total. The number of nitrogens with one attached hydrogen (secondary N) is 1. The van der Waals surface area contributed by atoms with Gasteiger partial charge >= 0.3 is 0 Å². The molecular formula is C20H29ClN2O. The molecule has 3 nitrogen and oxygen atoms in total. The zero-order valence-electron chi connectivity index (χ0n) is 14.4. The molecule has 1 saturated heterocycles. The quantitative estimate of drug-likeness (QED) is 0.744. The first-order valence-corrected chi connectivity index (χ1v) is 10.1. The average molecular weight is 349 g/mol. The molecule has 4 heteroatoms. The molecule has 3 aliphatic carbocycles. The highest BCUT2D eigenvalue weighted by Crippen LogP contribution is 2.44. The Kier molecular flexibility index (Phi) is 4.86. The molecular weight excluding hydrogens is 320 g/mol. The Labute approximate surface area is 150 Å². The largest absolute Gasteiger partial charge is 0.311 e. The third kappa shape index (κ3) is 3.49. The highest BCUT2D eigenvalue weighted by atomic mass is 35.5. The van der Waals surface area contributed by atoms with Gasteiger partial charge in [0.2, 0.25) is 5.24 Å². The van der Waals surface area contributed by atoms with Crippen molar-refractivity contribution < 1.29 is 4.79 Å². The Hall–Kier alpha value is -0.640. The van der Waals surface area contributed by atoms with Gasteiger partial charge in [-0.15, -0.1) is 0 Å². The molecule has 24 heavy (non-hydrogen) atoms. The summed E-state index contributed by atoms with van der Waals surface area (Å²) in [6.45, 7) is 2.23. The van der Waals surface area contributed by atoms with E-state index in [0.29, 0.717) is 12.5 Å². The molecule has 0 bridgehead atoms. The summed E-state index contributed by atoms with van der Waals surface area (Å²) in [5.41, 5.74) is 0.102. The predicted molar refractivity (Wildman–Crippen MR) is 98.1 cm³/mol. The average Bonchev–Trinajstić information content (AvgIpc) is 3.32. The Morgan fingerprint density at radius 3 is 2.62 bits per heavy atom. The van der Waals surface area contributed by atoms with Crippen LogP contribution in [0.3, 0.4) is 0 Å². The lowest BCUT2D eigenvalue weighted by Gasteiger charge is -2.52. The van der Waals surface area contributed by atoms with Crippen molar-refractivity contribution in [1.29, 1.82) is 0 Å². The second kappa shape index (κ2) is 6.93. The molecule has 1 aliphatic heterocycles. The first kappa shape index (κ1) is 16.8. The number of nitrogens with zero attached hydrogens (tertiary/aromatic N) is 1. The molecule has 132 valence electrons. The van der Waals surface area contributed by atoms with Crippen LogP contribution in [0.15, 0.2) is 24.3 Å². The number of carbonyl (C=O) groups excluding carboxylic acids is 1. The van der Waals surface area contributed by atoms with Gasteiger partial charge in [0.25, 0.3) is 0 Å². The van der Waals surface area contributed by atoms with Crippen LogP contribution in [0.4, 0.5) is 0 Å². The fraction of sp³-hybridized carbons (Fsp3) is 0.750. The van der Waals surface area contributed by atoms with Crippen LogP contribution in [-0.2, 0) is 4.79 Å². The maximum absolute atomic E-state index is 11.4. The molecule has 0 aromatic heterocycles. The summed E-state index contributed by atoms with van der Waals surface area (Å²) in [4.78, 5) is 14.0. The zero-order chi connectivity index (χ0) is 16.6. The summed E-state index contributed by atoms with van der Waals surface area (Å²) in [7, 11) is 0. The molecule has 1 unspecified atom stereocenters. The van der Waals surface area contributed by atoms with E-state index in [2.05, 4.69) is 34.5 Å². The van der Waals surface area contributed by atoms with E-state index in [-0.39, 0.29) is 10.8 Å². The van der Waals surface area contributed by atoms with Crippen molar-refractivity contribution in [2.75, 3.05) is 13.1 Å². The summed E-state index contributed by atoms with van der Waals surface area (Å²) in [5, 5.41) is 3.75. The summed E-state index contributed by atoms with van der Waals surface area (Å²) < 4.78 is 0. The van der Waals surface area contributed by atoms with E-state index in [1.54, 1.807) is 0 Å². The first-order valence-electron chi connectivity index (χ1n) is 9.69. The van der Waals surface area contributed by atoms with E-state index in [1.807, 2.05) is 0 Å². The van der Waals surface area contributed by atoms with Gasteiger partial charge in [-0.25, -0.2) is 0 Å². The highest BCUT2D eigenvalue weighted by Gasteiger charge is 2.46. The summed E-state index contributed by atoms with van der Waals surface area (Å²) in [6, 6.07) is 1.38. The third-order valence-electron chi connectivity index (χ3n) is 6.77. The van der Waals surface area contributed by atoms with Gasteiger partial charge in [-0.1, -0.05) is 24.3 Å². The van der Waals surface area contributed by atoms with Crippen molar-refractivity contribution in [2.45, 2.75) is 69.0 Å². The van der Waals surface area contributed by atoms with E-state index < -0.39 is 0 Å². The number of likely N-dealkylation sites (tertiary alicyclic amines) is 1.